The molecule has 1 fully saturated rings. The maximum Gasteiger partial charge on any atom is 0.0490 e. The molecule has 3 atom stereocenters. The maximum absolute atomic E-state index is 3.95. The highest BCUT2D eigenvalue weighted by Crippen LogP contribution is 2.29. The molecule has 1 aliphatic rings. The average Bonchev–Trinajstić information content (AvgIpc) is 2.73. The summed E-state index contributed by atoms with van der Waals surface area (Å²) >= 11 is 0. The summed E-state index contributed by atoms with van der Waals surface area (Å²) in [5.74, 6) is 1.65. The van der Waals surface area contributed by atoms with Crippen molar-refractivity contribution >= 4 is 0 Å². The molecular weight excluding hydrogens is 186 g/mol. The van der Waals surface area contributed by atoms with Crippen LogP contribution in [0.1, 0.15) is 38.8 Å². The molecule has 0 aliphatic heterocycles. The molecule has 1 aliphatic carbocycles. The molecule has 2 rings (SSSR count). The lowest BCUT2D eigenvalue weighted by Gasteiger charge is -2.34. The second-order valence-electron chi connectivity index (χ2n) is 4.84. The highest BCUT2D eigenvalue weighted by atomic mass is 15.1. The normalized spacial score (nSPS) is 31.7. The van der Waals surface area contributed by atoms with Gasteiger partial charge in [0.2, 0.25) is 0 Å². The quantitative estimate of drug-likeness (QED) is 0.798. The number of hydrogen-bond donors (Lipinski definition) is 2. The summed E-state index contributed by atoms with van der Waals surface area (Å²) in [6, 6.07) is 2.71. The zero-order chi connectivity index (χ0) is 10.7. The van der Waals surface area contributed by atoms with Crippen molar-refractivity contribution in [3.05, 3.63) is 18.0 Å². The molecule has 3 nitrogen and oxygen atoms in total. The molecule has 0 amide bonds. The summed E-state index contributed by atoms with van der Waals surface area (Å²) in [5, 5.41) is 10.6. The lowest BCUT2D eigenvalue weighted by molar-refractivity contribution is 0.205. The van der Waals surface area contributed by atoms with Gasteiger partial charge in [0, 0.05) is 24.5 Å². The van der Waals surface area contributed by atoms with E-state index in [1.165, 1.54) is 25.0 Å². The second-order valence-corrected chi connectivity index (χ2v) is 4.84. The van der Waals surface area contributed by atoms with Gasteiger partial charge in [-0.1, -0.05) is 26.7 Å². The second kappa shape index (κ2) is 4.79. The third kappa shape index (κ3) is 2.59. The topological polar surface area (TPSA) is 40.7 Å². The summed E-state index contributed by atoms with van der Waals surface area (Å²) in [6.45, 7) is 5.66. The van der Waals surface area contributed by atoms with Crippen LogP contribution in [-0.4, -0.2) is 16.2 Å². The monoisotopic (exact) mass is 207 g/mol. The van der Waals surface area contributed by atoms with Crippen molar-refractivity contribution in [2.24, 2.45) is 11.8 Å². The summed E-state index contributed by atoms with van der Waals surface area (Å²) in [6.07, 6.45) is 5.89. The lowest BCUT2D eigenvalue weighted by atomic mass is 9.78. The van der Waals surface area contributed by atoms with E-state index in [0.29, 0.717) is 6.04 Å². The van der Waals surface area contributed by atoms with Crippen LogP contribution in [0.3, 0.4) is 0 Å². The Morgan fingerprint density at radius 2 is 2.33 bits per heavy atom. The number of H-pyrrole nitrogens is 1. The van der Waals surface area contributed by atoms with E-state index < -0.39 is 0 Å². The number of nitrogens with zero attached hydrogens (tertiary/aromatic N) is 1. The van der Waals surface area contributed by atoms with Crippen molar-refractivity contribution in [3.8, 4) is 0 Å². The van der Waals surface area contributed by atoms with E-state index in [4.69, 9.17) is 0 Å². The highest BCUT2D eigenvalue weighted by Gasteiger charge is 2.26. The van der Waals surface area contributed by atoms with Crippen molar-refractivity contribution in [1.29, 1.82) is 0 Å². The zero-order valence-corrected chi connectivity index (χ0v) is 9.66. The molecule has 3 unspecified atom stereocenters. The Morgan fingerprint density at radius 1 is 1.47 bits per heavy atom. The fourth-order valence-electron chi connectivity index (χ4n) is 2.49. The standard InChI is InChI=1S/C12H21N3/c1-9-4-3-5-12(10(9)2)13-8-11-6-7-14-15-11/h6-7,9-10,12-13H,3-5,8H2,1-2H3,(H,14,15). The van der Waals surface area contributed by atoms with E-state index in [1.54, 1.807) is 0 Å². The molecule has 1 heterocycles. The van der Waals surface area contributed by atoms with Crippen molar-refractivity contribution < 1.29 is 0 Å². The summed E-state index contributed by atoms with van der Waals surface area (Å²) < 4.78 is 0. The van der Waals surface area contributed by atoms with Crippen LogP contribution in [-0.2, 0) is 6.54 Å². The van der Waals surface area contributed by atoms with E-state index in [-0.39, 0.29) is 0 Å². The minimum absolute atomic E-state index is 0.678. The molecule has 2 N–H and O–H groups in total. The third-order valence-electron chi connectivity index (χ3n) is 3.82. The van der Waals surface area contributed by atoms with Crippen molar-refractivity contribution in [2.75, 3.05) is 0 Å². The van der Waals surface area contributed by atoms with Gasteiger partial charge in [0.25, 0.3) is 0 Å². The number of nitrogens with one attached hydrogen (secondary N) is 2. The van der Waals surface area contributed by atoms with Crippen LogP contribution in [0.15, 0.2) is 12.3 Å². The van der Waals surface area contributed by atoms with Gasteiger partial charge >= 0.3 is 0 Å². The Bertz CT molecular complexity index is 281. The SMILES string of the molecule is CC1CCCC(NCc2ccn[nH]2)C1C. The van der Waals surface area contributed by atoms with Crippen LogP contribution < -0.4 is 5.32 Å². The van der Waals surface area contributed by atoms with Gasteiger partial charge in [-0.15, -0.1) is 0 Å². The highest BCUT2D eigenvalue weighted by molar-refractivity contribution is 4.97. The molecular formula is C12H21N3. The molecule has 84 valence electrons. The van der Waals surface area contributed by atoms with Gasteiger partial charge in [-0.05, 0) is 24.3 Å². The number of aromatic amines is 1. The van der Waals surface area contributed by atoms with Gasteiger partial charge in [0.05, 0.1) is 0 Å². The number of hydrogen-bond acceptors (Lipinski definition) is 2. The largest absolute Gasteiger partial charge is 0.308 e. The van der Waals surface area contributed by atoms with Crippen LogP contribution in [0.25, 0.3) is 0 Å². The summed E-state index contributed by atoms with van der Waals surface area (Å²) in [4.78, 5) is 0. The molecule has 0 radical (unpaired) electrons. The molecule has 0 saturated heterocycles. The predicted octanol–water partition coefficient (Wildman–Crippen LogP) is 2.32. The first-order valence-electron chi connectivity index (χ1n) is 5.99. The number of rotatable bonds is 3. The van der Waals surface area contributed by atoms with E-state index in [2.05, 4.69) is 29.4 Å². The molecule has 1 aromatic heterocycles. The lowest BCUT2D eigenvalue weighted by Crippen LogP contribution is -2.40. The fourth-order valence-corrected chi connectivity index (χ4v) is 2.49. The summed E-state index contributed by atoms with van der Waals surface area (Å²) in [7, 11) is 0. The summed E-state index contributed by atoms with van der Waals surface area (Å²) in [5.41, 5.74) is 1.18. The molecule has 1 saturated carbocycles. The first kappa shape index (κ1) is 10.7. The molecule has 3 heteroatoms. The van der Waals surface area contributed by atoms with E-state index in [0.717, 1.165) is 18.4 Å². The van der Waals surface area contributed by atoms with E-state index in [1.807, 2.05) is 12.3 Å². The van der Waals surface area contributed by atoms with Crippen LogP contribution in [0, 0.1) is 11.8 Å². The molecule has 0 aromatic carbocycles. The Labute approximate surface area is 91.7 Å². The first-order valence-corrected chi connectivity index (χ1v) is 5.99. The Morgan fingerprint density at radius 3 is 3.07 bits per heavy atom. The van der Waals surface area contributed by atoms with Gasteiger partial charge in [-0.3, -0.25) is 5.10 Å². The minimum atomic E-state index is 0.678. The zero-order valence-electron chi connectivity index (χ0n) is 9.66. The van der Waals surface area contributed by atoms with Crippen molar-refractivity contribution in [3.63, 3.8) is 0 Å². The van der Waals surface area contributed by atoms with E-state index in [9.17, 15) is 0 Å². The fraction of sp³-hybridized carbons (Fsp3) is 0.750. The van der Waals surface area contributed by atoms with E-state index >= 15 is 0 Å². The van der Waals surface area contributed by atoms with Crippen molar-refractivity contribution in [2.45, 2.75) is 45.7 Å². The predicted molar refractivity (Wildman–Crippen MR) is 61.4 cm³/mol. The number of aromatic nitrogens is 2. The van der Waals surface area contributed by atoms with Crippen LogP contribution in [0.4, 0.5) is 0 Å². The minimum Gasteiger partial charge on any atom is -0.308 e. The Hall–Kier alpha value is -0.830. The van der Waals surface area contributed by atoms with Crippen molar-refractivity contribution in [1.82, 2.24) is 15.5 Å². The maximum atomic E-state index is 3.95. The first-order chi connectivity index (χ1) is 7.27. The van der Waals surface area contributed by atoms with Crippen LogP contribution >= 0.6 is 0 Å². The van der Waals surface area contributed by atoms with Gasteiger partial charge in [0.15, 0.2) is 0 Å². The molecule has 1 aromatic rings. The molecule has 0 bridgehead atoms. The van der Waals surface area contributed by atoms with Crippen LogP contribution in [0.2, 0.25) is 0 Å². The van der Waals surface area contributed by atoms with Crippen LogP contribution in [0.5, 0.6) is 0 Å². The smallest absolute Gasteiger partial charge is 0.0490 e. The van der Waals surface area contributed by atoms with Gasteiger partial charge in [-0.25, -0.2) is 0 Å². The Balaban J connectivity index is 1.83. The molecule has 15 heavy (non-hydrogen) atoms. The van der Waals surface area contributed by atoms with Gasteiger partial charge in [0.1, 0.15) is 0 Å². The van der Waals surface area contributed by atoms with Gasteiger partial charge in [-0.2, -0.15) is 5.10 Å². The molecule has 0 spiro atoms. The average molecular weight is 207 g/mol. The third-order valence-corrected chi connectivity index (χ3v) is 3.82. The Kier molecular flexibility index (Phi) is 3.41. The van der Waals surface area contributed by atoms with Gasteiger partial charge < -0.3 is 5.32 Å².